The van der Waals surface area contributed by atoms with Gasteiger partial charge in [0.25, 0.3) is 10.0 Å². The van der Waals surface area contributed by atoms with Crippen LogP contribution in [0.3, 0.4) is 0 Å². The maximum atomic E-state index is 13.2. The Morgan fingerprint density at radius 2 is 1.96 bits per heavy atom. The average Bonchev–Trinajstić information content (AvgIpc) is 3.06. The molecule has 4 rings (SSSR count). The average molecular weight is 361 g/mol. The summed E-state index contributed by atoms with van der Waals surface area (Å²) in [6, 6.07) is 9.29. The van der Waals surface area contributed by atoms with E-state index >= 15 is 0 Å². The number of benzene rings is 1. The molecule has 3 heterocycles. The molecule has 24 heavy (non-hydrogen) atoms. The normalized spacial score (nSPS) is 16.6. The van der Waals surface area contributed by atoms with Crippen molar-refractivity contribution in [3.05, 3.63) is 59.4 Å². The number of anilines is 1. The Kier molecular flexibility index (Phi) is 3.36. The first-order chi connectivity index (χ1) is 11.5. The Morgan fingerprint density at radius 1 is 1.21 bits per heavy atom. The Bertz CT molecular complexity index is 1010. The zero-order valence-electron chi connectivity index (χ0n) is 12.6. The molecular formula is C16H13ClN4O2S. The van der Waals surface area contributed by atoms with E-state index < -0.39 is 16.1 Å². The number of nitrogens with zero attached hydrogens (tertiary/aromatic N) is 3. The number of pyridine rings is 1. The van der Waals surface area contributed by atoms with E-state index in [2.05, 4.69) is 15.2 Å². The lowest BCUT2D eigenvalue weighted by atomic mass is 10.00. The van der Waals surface area contributed by atoms with Crippen LogP contribution in [0, 0.1) is 0 Å². The fourth-order valence-electron chi connectivity index (χ4n) is 2.95. The zero-order valence-corrected chi connectivity index (χ0v) is 14.2. The fraction of sp³-hybridized carbons (Fsp3) is 0.125. The molecular weight excluding hydrogens is 348 g/mol. The van der Waals surface area contributed by atoms with Crippen molar-refractivity contribution in [2.45, 2.75) is 17.9 Å². The lowest BCUT2D eigenvalue weighted by Crippen LogP contribution is -2.36. The lowest BCUT2D eigenvalue weighted by Gasteiger charge is -2.34. The molecule has 0 saturated carbocycles. The first kappa shape index (κ1) is 15.2. The van der Waals surface area contributed by atoms with Crippen LogP contribution < -0.4 is 4.31 Å². The van der Waals surface area contributed by atoms with Gasteiger partial charge in [0.05, 0.1) is 22.8 Å². The standard InChI is InChI=1S/C16H13ClN4O2S/c1-10-14-9-19-20-15(14)13-3-2-8-18-16(13)21(10)24(22,23)12-6-4-11(17)5-7-12/h2-10H,1H3,(H,19,20). The van der Waals surface area contributed by atoms with Gasteiger partial charge >= 0.3 is 0 Å². The summed E-state index contributed by atoms with van der Waals surface area (Å²) in [5.41, 5.74) is 2.32. The molecule has 1 N–H and O–H groups in total. The maximum absolute atomic E-state index is 13.2. The summed E-state index contributed by atoms with van der Waals surface area (Å²) < 4.78 is 27.8. The van der Waals surface area contributed by atoms with Gasteiger partial charge in [-0.2, -0.15) is 5.10 Å². The second-order valence-corrected chi connectivity index (χ2v) is 7.76. The minimum Gasteiger partial charge on any atom is -0.277 e. The number of H-pyrrole nitrogens is 1. The predicted octanol–water partition coefficient (Wildman–Crippen LogP) is 3.40. The second kappa shape index (κ2) is 5.32. The minimum atomic E-state index is -3.79. The van der Waals surface area contributed by atoms with Crippen molar-refractivity contribution in [3.8, 4) is 11.3 Å². The van der Waals surface area contributed by atoms with Crippen LogP contribution in [0.2, 0.25) is 5.02 Å². The summed E-state index contributed by atoms with van der Waals surface area (Å²) >= 11 is 5.88. The van der Waals surface area contributed by atoms with E-state index in [1.54, 1.807) is 30.6 Å². The summed E-state index contributed by atoms with van der Waals surface area (Å²) in [5, 5.41) is 7.48. The summed E-state index contributed by atoms with van der Waals surface area (Å²) in [4.78, 5) is 4.48. The van der Waals surface area contributed by atoms with E-state index in [9.17, 15) is 8.42 Å². The van der Waals surface area contributed by atoms with Crippen molar-refractivity contribution in [1.82, 2.24) is 15.2 Å². The van der Waals surface area contributed by atoms with Crippen LogP contribution in [0.4, 0.5) is 5.82 Å². The third-order valence-electron chi connectivity index (χ3n) is 4.11. The van der Waals surface area contributed by atoms with E-state index in [0.29, 0.717) is 16.4 Å². The molecule has 0 saturated heterocycles. The Balaban J connectivity index is 1.94. The van der Waals surface area contributed by atoms with Gasteiger partial charge in [-0.15, -0.1) is 0 Å². The maximum Gasteiger partial charge on any atom is 0.266 e. The number of hydrogen-bond donors (Lipinski definition) is 1. The number of sulfonamides is 1. The molecule has 0 radical (unpaired) electrons. The number of fused-ring (bicyclic) bond motifs is 3. The van der Waals surface area contributed by atoms with E-state index in [0.717, 1.165) is 11.3 Å². The highest BCUT2D eigenvalue weighted by molar-refractivity contribution is 7.92. The third-order valence-corrected chi connectivity index (χ3v) is 6.23. The van der Waals surface area contributed by atoms with Crippen LogP contribution in [-0.4, -0.2) is 23.6 Å². The summed E-state index contributed by atoms with van der Waals surface area (Å²) in [6.07, 6.45) is 3.23. The molecule has 0 aliphatic carbocycles. The first-order valence-electron chi connectivity index (χ1n) is 7.29. The van der Waals surface area contributed by atoms with Gasteiger partial charge < -0.3 is 0 Å². The molecule has 0 amide bonds. The molecule has 1 unspecified atom stereocenters. The fourth-order valence-corrected chi connectivity index (χ4v) is 4.68. The molecule has 3 aromatic rings. The highest BCUT2D eigenvalue weighted by Crippen LogP contribution is 2.44. The first-order valence-corrected chi connectivity index (χ1v) is 9.10. The number of nitrogens with one attached hydrogen (secondary N) is 1. The van der Waals surface area contributed by atoms with Crippen molar-refractivity contribution < 1.29 is 8.42 Å². The second-order valence-electron chi connectivity index (χ2n) is 5.51. The van der Waals surface area contributed by atoms with Crippen LogP contribution >= 0.6 is 11.6 Å². The van der Waals surface area contributed by atoms with E-state index in [1.165, 1.54) is 16.4 Å². The number of rotatable bonds is 2. The van der Waals surface area contributed by atoms with Gasteiger partial charge in [0.15, 0.2) is 5.82 Å². The molecule has 6 nitrogen and oxygen atoms in total. The molecule has 1 aromatic carbocycles. The van der Waals surface area contributed by atoms with Gasteiger partial charge in [-0.05, 0) is 43.3 Å². The summed E-state index contributed by atoms with van der Waals surface area (Å²) in [6.45, 7) is 1.82. The number of aromatic amines is 1. The molecule has 8 heteroatoms. The van der Waals surface area contributed by atoms with E-state index in [4.69, 9.17) is 11.6 Å². The topological polar surface area (TPSA) is 79.0 Å². The Labute approximate surface area is 144 Å². The van der Waals surface area contributed by atoms with Gasteiger partial charge in [-0.3, -0.25) is 5.10 Å². The SMILES string of the molecule is CC1c2cn[nH]c2-c2cccnc2N1S(=O)(=O)c1ccc(Cl)cc1. The molecule has 0 fully saturated rings. The van der Waals surface area contributed by atoms with Crippen molar-refractivity contribution in [2.75, 3.05) is 4.31 Å². The van der Waals surface area contributed by atoms with Gasteiger partial charge in [0, 0.05) is 22.3 Å². The van der Waals surface area contributed by atoms with Crippen molar-refractivity contribution in [3.63, 3.8) is 0 Å². The lowest BCUT2D eigenvalue weighted by molar-refractivity contribution is 0.581. The minimum absolute atomic E-state index is 0.169. The van der Waals surface area contributed by atoms with Crippen LogP contribution in [0.1, 0.15) is 18.5 Å². The van der Waals surface area contributed by atoms with Crippen molar-refractivity contribution in [2.24, 2.45) is 0 Å². The Hall–Kier alpha value is -2.38. The van der Waals surface area contributed by atoms with Gasteiger partial charge in [0.1, 0.15) is 0 Å². The van der Waals surface area contributed by atoms with Gasteiger partial charge in [-0.1, -0.05) is 11.6 Å². The number of hydrogen-bond acceptors (Lipinski definition) is 4. The van der Waals surface area contributed by atoms with E-state index in [1.807, 2.05) is 13.0 Å². The Morgan fingerprint density at radius 3 is 2.71 bits per heavy atom. The highest BCUT2D eigenvalue weighted by Gasteiger charge is 2.38. The van der Waals surface area contributed by atoms with Crippen LogP contribution in [-0.2, 0) is 10.0 Å². The quantitative estimate of drug-likeness (QED) is 0.759. The molecule has 2 aromatic heterocycles. The number of aromatic nitrogens is 3. The molecule has 1 aliphatic rings. The number of halogens is 1. The zero-order chi connectivity index (χ0) is 16.9. The van der Waals surface area contributed by atoms with Crippen LogP contribution in [0.25, 0.3) is 11.3 Å². The molecule has 0 bridgehead atoms. The van der Waals surface area contributed by atoms with E-state index in [-0.39, 0.29) is 4.90 Å². The predicted molar refractivity (Wildman–Crippen MR) is 91.4 cm³/mol. The molecule has 1 aliphatic heterocycles. The monoisotopic (exact) mass is 360 g/mol. The molecule has 0 spiro atoms. The third kappa shape index (κ3) is 2.12. The molecule has 1 atom stereocenters. The summed E-state index contributed by atoms with van der Waals surface area (Å²) in [5.74, 6) is 0.386. The summed E-state index contributed by atoms with van der Waals surface area (Å²) in [7, 11) is -3.79. The van der Waals surface area contributed by atoms with Crippen molar-refractivity contribution >= 4 is 27.4 Å². The van der Waals surface area contributed by atoms with Crippen molar-refractivity contribution in [1.29, 1.82) is 0 Å². The largest absolute Gasteiger partial charge is 0.277 e. The molecule has 122 valence electrons. The van der Waals surface area contributed by atoms with Gasteiger partial charge in [-0.25, -0.2) is 17.7 Å². The highest BCUT2D eigenvalue weighted by atomic mass is 35.5. The van der Waals surface area contributed by atoms with Crippen LogP contribution in [0.5, 0.6) is 0 Å². The van der Waals surface area contributed by atoms with Gasteiger partial charge in [0.2, 0.25) is 0 Å². The smallest absolute Gasteiger partial charge is 0.266 e. The van der Waals surface area contributed by atoms with Crippen LogP contribution in [0.15, 0.2) is 53.7 Å².